The van der Waals surface area contributed by atoms with Crippen LogP contribution in [0.5, 0.6) is 0 Å². The summed E-state index contributed by atoms with van der Waals surface area (Å²) >= 11 is 0. The largest absolute Gasteiger partial charge is 0.413 e. The molecule has 1 heterocycles. The Morgan fingerprint density at radius 3 is 2.79 bits per heavy atom. The van der Waals surface area contributed by atoms with E-state index in [1.54, 1.807) is 0 Å². The van der Waals surface area contributed by atoms with Gasteiger partial charge in [0.2, 0.25) is 0 Å². The summed E-state index contributed by atoms with van der Waals surface area (Å²) in [6.07, 6.45) is -2.40. The Bertz CT molecular complexity index is 174. The number of nitrogens with one attached hydrogen (secondary N) is 1. The lowest BCUT2D eigenvalue weighted by Crippen LogP contribution is -2.44. The third-order valence-electron chi connectivity index (χ3n) is 2.11. The van der Waals surface area contributed by atoms with Gasteiger partial charge in [-0.2, -0.15) is 18.7 Å². The molecule has 3 nitrogen and oxygen atoms in total. The van der Waals surface area contributed by atoms with E-state index in [0.717, 1.165) is 25.9 Å². The van der Waals surface area contributed by atoms with Crippen LogP contribution in [0.2, 0.25) is 0 Å². The Balaban J connectivity index is 2.12. The van der Waals surface area contributed by atoms with Crippen LogP contribution in [0.4, 0.5) is 13.2 Å². The Labute approximate surface area is 81.2 Å². The van der Waals surface area contributed by atoms with Crippen molar-refractivity contribution in [2.45, 2.75) is 25.1 Å². The first-order chi connectivity index (χ1) is 6.47. The lowest BCUT2D eigenvalue weighted by Gasteiger charge is -2.29. The third kappa shape index (κ3) is 4.78. The number of piperidine rings is 1. The standard InChI is InChI=1S/C8H15F3N2O/c1-13-4-2-3-7(5-13)12-14-6-8(9,10)11/h7,12H,2-6H2,1H3. The van der Waals surface area contributed by atoms with Crippen LogP contribution in [0.3, 0.4) is 0 Å². The highest BCUT2D eigenvalue weighted by Crippen LogP contribution is 2.14. The first kappa shape index (κ1) is 11.7. The topological polar surface area (TPSA) is 24.5 Å². The number of hydroxylamine groups is 1. The van der Waals surface area contributed by atoms with Crippen molar-refractivity contribution in [2.24, 2.45) is 0 Å². The smallest absolute Gasteiger partial charge is 0.305 e. The van der Waals surface area contributed by atoms with Crippen LogP contribution < -0.4 is 5.48 Å². The van der Waals surface area contributed by atoms with Crippen LogP contribution in [0, 0.1) is 0 Å². The molecule has 6 heteroatoms. The molecular weight excluding hydrogens is 197 g/mol. The molecule has 0 spiro atoms. The second kappa shape index (κ2) is 4.95. The van der Waals surface area contributed by atoms with Gasteiger partial charge in [-0.15, -0.1) is 0 Å². The van der Waals surface area contributed by atoms with Crippen LogP contribution in [-0.2, 0) is 4.84 Å². The molecule has 1 rings (SSSR count). The highest BCUT2D eigenvalue weighted by Gasteiger charge is 2.28. The molecule has 0 aromatic heterocycles. The van der Waals surface area contributed by atoms with Crippen molar-refractivity contribution in [1.82, 2.24) is 10.4 Å². The molecule has 0 saturated carbocycles. The molecule has 1 N–H and O–H groups in total. The normalized spacial score (nSPS) is 25.3. The molecule has 84 valence electrons. The first-order valence-electron chi connectivity index (χ1n) is 4.60. The average molecular weight is 212 g/mol. The predicted molar refractivity (Wildman–Crippen MR) is 45.7 cm³/mol. The lowest BCUT2D eigenvalue weighted by molar-refractivity contribution is -0.194. The molecule has 1 atom stereocenters. The fraction of sp³-hybridized carbons (Fsp3) is 1.00. The van der Waals surface area contributed by atoms with Crippen molar-refractivity contribution >= 4 is 0 Å². The molecule has 0 aliphatic carbocycles. The summed E-state index contributed by atoms with van der Waals surface area (Å²) in [7, 11) is 1.94. The molecule has 0 bridgehead atoms. The summed E-state index contributed by atoms with van der Waals surface area (Å²) in [6.45, 7) is 0.503. The minimum absolute atomic E-state index is 0.0103. The lowest BCUT2D eigenvalue weighted by atomic mass is 10.1. The maximum Gasteiger partial charge on any atom is 0.413 e. The highest BCUT2D eigenvalue weighted by molar-refractivity contribution is 4.73. The van der Waals surface area contributed by atoms with E-state index in [2.05, 4.69) is 15.2 Å². The van der Waals surface area contributed by atoms with Gasteiger partial charge in [0.25, 0.3) is 0 Å². The van der Waals surface area contributed by atoms with Crippen molar-refractivity contribution in [3.63, 3.8) is 0 Å². The third-order valence-corrected chi connectivity index (χ3v) is 2.11. The van der Waals surface area contributed by atoms with Crippen molar-refractivity contribution in [2.75, 3.05) is 26.7 Å². The van der Waals surface area contributed by atoms with Crippen LogP contribution in [-0.4, -0.2) is 43.9 Å². The van der Waals surface area contributed by atoms with E-state index < -0.39 is 12.8 Å². The quantitative estimate of drug-likeness (QED) is 0.710. The number of alkyl halides is 3. The molecule has 1 unspecified atom stereocenters. The van der Waals surface area contributed by atoms with E-state index in [9.17, 15) is 13.2 Å². The fourth-order valence-electron chi connectivity index (χ4n) is 1.50. The molecule has 1 aliphatic heterocycles. The fourth-order valence-corrected chi connectivity index (χ4v) is 1.50. The first-order valence-corrected chi connectivity index (χ1v) is 4.60. The second-order valence-electron chi connectivity index (χ2n) is 3.62. The van der Waals surface area contributed by atoms with Crippen LogP contribution in [0.15, 0.2) is 0 Å². The Morgan fingerprint density at radius 2 is 2.21 bits per heavy atom. The van der Waals surface area contributed by atoms with E-state index in [0.29, 0.717) is 0 Å². The molecule has 14 heavy (non-hydrogen) atoms. The number of likely N-dealkylation sites (N-methyl/N-ethyl adjacent to an activating group) is 1. The number of halogens is 3. The summed E-state index contributed by atoms with van der Waals surface area (Å²) < 4.78 is 35.1. The molecular formula is C8H15F3N2O. The zero-order valence-electron chi connectivity index (χ0n) is 8.10. The predicted octanol–water partition coefficient (Wildman–Crippen LogP) is 1.16. The molecule has 0 aromatic carbocycles. The molecule has 0 aromatic rings. The minimum atomic E-state index is -4.26. The second-order valence-corrected chi connectivity index (χ2v) is 3.62. The summed E-state index contributed by atoms with van der Waals surface area (Å²) in [6, 6.07) is 0.0103. The van der Waals surface area contributed by atoms with Gasteiger partial charge in [0.05, 0.1) is 0 Å². The maximum absolute atomic E-state index is 11.7. The molecule has 0 amide bonds. The summed E-state index contributed by atoms with van der Waals surface area (Å²) in [5.74, 6) is 0. The number of nitrogens with zero attached hydrogens (tertiary/aromatic N) is 1. The van der Waals surface area contributed by atoms with Crippen LogP contribution in [0.1, 0.15) is 12.8 Å². The van der Waals surface area contributed by atoms with E-state index >= 15 is 0 Å². The Hall–Kier alpha value is -0.330. The molecule has 1 aliphatic rings. The van der Waals surface area contributed by atoms with Crippen LogP contribution in [0.25, 0.3) is 0 Å². The van der Waals surface area contributed by atoms with Crippen molar-refractivity contribution in [1.29, 1.82) is 0 Å². The SMILES string of the molecule is CN1CCCC(NOCC(F)(F)F)C1. The van der Waals surface area contributed by atoms with E-state index in [1.807, 2.05) is 7.05 Å². The number of likely N-dealkylation sites (tertiary alicyclic amines) is 1. The Kier molecular flexibility index (Phi) is 4.15. The van der Waals surface area contributed by atoms with E-state index in [-0.39, 0.29) is 6.04 Å². The molecule has 1 fully saturated rings. The Morgan fingerprint density at radius 1 is 1.50 bits per heavy atom. The van der Waals surface area contributed by atoms with Gasteiger partial charge in [-0.25, -0.2) is 0 Å². The van der Waals surface area contributed by atoms with E-state index in [1.165, 1.54) is 0 Å². The van der Waals surface area contributed by atoms with Crippen molar-refractivity contribution < 1.29 is 18.0 Å². The summed E-state index contributed by atoms with van der Waals surface area (Å²) in [4.78, 5) is 6.45. The van der Waals surface area contributed by atoms with Gasteiger partial charge in [-0.3, -0.25) is 4.84 Å². The highest BCUT2D eigenvalue weighted by atomic mass is 19.4. The number of hydrogen-bond donors (Lipinski definition) is 1. The van der Waals surface area contributed by atoms with Gasteiger partial charge in [-0.1, -0.05) is 0 Å². The maximum atomic E-state index is 11.7. The van der Waals surface area contributed by atoms with Crippen molar-refractivity contribution in [3.05, 3.63) is 0 Å². The number of hydrogen-bond acceptors (Lipinski definition) is 3. The van der Waals surface area contributed by atoms with Gasteiger partial charge in [-0.05, 0) is 26.4 Å². The van der Waals surface area contributed by atoms with Crippen LogP contribution >= 0.6 is 0 Å². The van der Waals surface area contributed by atoms with Gasteiger partial charge in [0, 0.05) is 12.6 Å². The molecule has 0 radical (unpaired) electrons. The van der Waals surface area contributed by atoms with Crippen molar-refractivity contribution in [3.8, 4) is 0 Å². The van der Waals surface area contributed by atoms with Gasteiger partial charge < -0.3 is 4.90 Å². The monoisotopic (exact) mass is 212 g/mol. The van der Waals surface area contributed by atoms with Gasteiger partial charge in [0.1, 0.15) is 0 Å². The summed E-state index contributed by atoms with van der Waals surface area (Å²) in [5, 5.41) is 0. The van der Waals surface area contributed by atoms with Gasteiger partial charge in [0.15, 0.2) is 6.61 Å². The summed E-state index contributed by atoms with van der Waals surface area (Å²) in [5.41, 5.74) is 2.45. The van der Waals surface area contributed by atoms with E-state index in [4.69, 9.17) is 0 Å². The number of rotatable bonds is 3. The zero-order valence-corrected chi connectivity index (χ0v) is 8.10. The van der Waals surface area contributed by atoms with Gasteiger partial charge >= 0.3 is 6.18 Å². The molecule has 1 saturated heterocycles. The zero-order chi connectivity index (χ0) is 10.6. The minimum Gasteiger partial charge on any atom is -0.305 e. The average Bonchev–Trinajstić information content (AvgIpc) is 2.01.